The summed E-state index contributed by atoms with van der Waals surface area (Å²) in [4.78, 5) is 4.13. The van der Waals surface area contributed by atoms with Crippen molar-refractivity contribution in [1.82, 2.24) is 10.1 Å². The Balaban J connectivity index is 2.46. The van der Waals surface area contributed by atoms with Crippen LogP contribution >= 0.6 is 0 Å². The highest BCUT2D eigenvalue weighted by atomic mass is 16.5. The smallest absolute Gasteiger partial charge is 0.261 e. The van der Waals surface area contributed by atoms with Crippen molar-refractivity contribution in [2.45, 2.75) is 19.8 Å². The predicted molar refractivity (Wildman–Crippen MR) is 57.2 cm³/mol. The molecule has 0 fully saturated rings. The van der Waals surface area contributed by atoms with Gasteiger partial charge in [-0.1, -0.05) is 19.0 Å². The van der Waals surface area contributed by atoms with Gasteiger partial charge < -0.3 is 14.7 Å². The molecule has 1 heterocycles. The van der Waals surface area contributed by atoms with Gasteiger partial charge in [0.15, 0.2) is 5.82 Å². The quantitative estimate of drug-likeness (QED) is 0.759. The standard InChI is InChI=1S/C11H12N2O3/c1-6(2)10-12-11(16-13-10)8-5-7(14)3-4-9(8)15/h3-6,14-15H,1-2H3. The highest BCUT2D eigenvalue weighted by Crippen LogP contribution is 2.31. The van der Waals surface area contributed by atoms with Crippen molar-refractivity contribution in [3.63, 3.8) is 0 Å². The first kappa shape index (κ1) is 10.5. The molecule has 0 radical (unpaired) electrons. The summed E-state index contributed by atoms with van der Waals surface area (Å²) < 4.78 is 5.02. The van der Waals surface area contributed by atoms with Crippen LogP contribution in [0.25, 0.3) is 11.5 Å². The van der Waals surface area contributed by atoms with Gasteiger partial charge in [0.1, 0.15) is 11.5 Å². The van der Waals surface area contributed by atoms with E-state index in [4.69, 9.17) is 4.52 Å². The second-order valence-electron chi connectivity index (χ2n) is 3.81. The number of rotatable bonds is 2. The molecule has 16 heavy (non-hydrogen) atoms. The van der Waals surface area contributed by atoms with Gasteiger partial charge in [0.2, 0.25) is 0 Å². The zero-order valence-corrected chi connectivity index (χ0v) is 9.01. The largest absolute Gasteiger partial charge is 0.508 e. The zero-order chi connectivity index (χ0) is 11.7. The van der Waals surface area contributed by atoms with E-state index in [1.54, 1.807) is 0 Å². The van der Waals surface area contributed by atoms with Gasteiger partial charge in [-0.25, -0.2) is 0 Å². The van der Waals surface area contributed by atoms with Gasteiger partial charge in [-0.05, 0) is 18.2 Å². The van der Waals surface area contributed by atoms with Crippen LogP contribution in [0.5, 0.6) is 11.5 Å². The van der Waals surface area contributed by atoms with Crippen molar-refractivity contribution >= 4 is 0 Å². The van der Waals surface area contributed by atoms with E-state index in [1.165, 1.54) is 18.2 Å². The van der Waals surface area contributed by atoms with E-state index in [0.29, 0.717) is 11.4 Å². The topological polar surface area (TPSA) is 79.4 Å². The molecule has 0 amide bonds. The van der Waals surface area contributed by atoms with Gasteiger partial charge >= 0.3 is 0 Å². The number of hydrogen-bond acceptors (Lipinski definition) is 5. The molecule has 2 aromatic rings. The Morgan fingerprint density at radius 2 is 2.00 bits per heavy atom. The number of aromatic hydroxyl groups is 2. The maximum absolute atomic E-state index is 9.60. The van der Waals surface area contributed by atoms with E-state index in [1.807, 2.05) is 13.8 Å². The molecule has 0 unspecified atom stereocenters. The summed E-state index contributed by atoms with van der Waals surface area (Å²) in [5, 5.41) is 22.7. The molecule has 5 nitrogen and oxygen atoms in total. The number of phenols is 2. The van der Waals surface area contributed by atoms with Gasteiger partial charge in [0.25, 0.3) is 5.89 Å². The minimum Gasteiger partial charge on any atom is -0.508 e. The lowest BCUT2D eigenvalue weighted by atomic mass is 10.2. The van der Waals surface area contributed by atoms with Crippen LogP contribution in [0.15, 0.2) is 22.7 Å². The maximum Gasteiger partial charge on any atom is 0.261 e. The molecule has 0 saturated carbocycles. The molecule has 0 atom stereocenters. The summed E-state index contributed by atoms with van der Waals surface area (Å²) >= 11 is 0. The predicted octanol–water partition coefficient (Wildman–Crippen LogP) is 2.27. The van der Waals surface area contributed by atoms with Crippen molar-refractivity contribution in [3.05, 3.63) is 24.0 Å². The first-order valence-electron chi connectivity index (χ1n) is 4.94. The monoisotopic (exact) mass is 220 g/mol. The minimum absolute atomic E-state index is 0.00300. The van der Waals surface area contributed by atoms with Gasteiger partial charge in [0.05, 0.1) is 5.56 Å². The Labute approximate surface area is 92.4 Å². The third-order valence-corrected chi connectivity index (χ3v) is 2.17. The lowest BCUT2D eigenvalue weighted by Gasteiger charge is -1.99. The van der Waals surface area contributed by atoms with Crippen molar-refractivity contribution < 1.29 is 14.7 Å². The lowest BCUT2D eigenvalue weighted by molar-refractivity contribution is 0.413. The Morgan fingerprint density at radius 3 is 2.62 bits per heavy atom. The fourth-order valence-electron chi connectivity index (χ4n) is 1.27. The lowest BCUT2D eigenvalue weighted by Crippen LogP contribution is -1.89. The van der Waals surface area contributed by atoms with Gasteiger partial charge in [-0.3, -0.25) is 0 Å². The van der Waals surface area contributed by atoms with Crippen LogP contribution in [0.2, 0.25) is 0 Å². The number of aromatic nitrogens is 2. The normalized spacial score (nSPS) is 10.9. The van der Waals surface area contributed by atoms with Crippen LogP contribution < -0.4 is 0 Å². The molecule has 0 saturated heterocycles. The van der Waals surface area contributed by atoms with Crippen LogP contribution in [0, 0.1) is 0 Å². The molecule has 0 bridgehead atoms. The highest BCUT2D eigenvalue weighted by molar-refractivity contribution is 5.64. The Kier molecular flexibility index (Phi) is 2.52. The molecule has 0 aliphatic rings. The van der Waals surface area contributed by atoms with Crippen LogP contribution in [0.1, 0.15) is 25.6 Å². The SMILES string of the molecule is CC(C)c1noc(-c2cc(O)ccc2O)n1. The molecular weight excluding hydrogens is 208 g/mol. The second-order valence-corrected chi connectivity index (χ2v) is 3.81. The van der Waals surface area contributed by atoms with E-state index in [2.05, 4.69) is 10.1 Å². The summed E-state index contributed by atoms with van der Waals surface area (Å²) in [6, 6.07) is 4.15. The Hall–Kier alpha value is -2.04. The third kappa shape index (κ3) is 1.84. The maximum atomic E-state index is 9.60. The van der Waals surface area contributed by atoms with E-state index in [9.17, 15) is 10.2 Å². The van der Waals surface area contributed by atoms with Crippen LogP contribution in [0.4, 0.5) is 0 Å². The molecular formula is C11H12N2O3. The van der Waals surface area contributed by atoms with Crippen LogP contribution in [0.3, 0.4) is 0 Å². The summed E-state index contributed by atoms with van der Waals surface area (Å²) in [5.74, 6) is 0.959. The number of benzene rings is 1. The van der Waals surface area contributed by atoms with E-state index in [-0.39, 0.29) is 23.3 Å². The molecule has 0 spiro atoms. The molecule has 1 aromatic heterocycles. The number of hydrogen-bond donors (Lipinski definition) is 2. The zero-order valence-electron chi connectivity index (χ0n) is 9.01. The molecule has 84 valence electrons. The summed E-state index contributed by atoms with van der Waals surface area (Å²) in [6.07, 6.45) is 0. The van der Waals surface area contributed by atoms with Crippen molar-refractivity contribution in [2.24, 2.45) is 0 Å². The molecule has 2 N–H and O–H groups in total. The number of nitrogens with zero attached hydrogens (tertiary/aromatic N) is 2. The van der Waals surface area contributed by atoms with Gasteiger partial charge in [0, 0.05) is 5.92 Å². The van der Waals surface area contributed by atoms with Crippen molar-refractivity contribution in [2.75, 3.05) is 0 Å². The number of phenolic OH excluding ortho intramolecular Hbond substituents is 2. The Morgan fingerprint density at radius 1 is 1.25 bits per heavy atom. The molecule has 0 aliphatic heterocycles. The van der Waals surface area contributed by atoms with Crippen molar-refractivity contribution in [3.8, 4) is 23.0 Å². The minimum atomic E-state index is -0.00300. The van der Waals surface area contributed by atoms with Crippen molar-refractivity contribution in [1.29, 1.82) is 0 Å². The first-order valence-corrected chi connectivity index (χ1v) is 4.94. The average Bonchev–Trinajstić information content (AvgIpc) is 2.70. The summed E-state index contributed by atoms with van der Waals surface area (Å²) in [5.41, 5.74) is 0.333. The molecule has 2 rings (SSSR count). The van der Waals surface area contributed by atoms with E-state index < -0.39 is 0 Å². The molecule has 1 aromatic carbocycles. The summed E-state index contributed by atoms with van der Waals surface area (Å²) in [6.45, 7) is 3.88. The summed E-state index contributed by atoms with van der Waals surface area (Å²) in [7, 11) is 0. The highest BCUT2D eigenvalue weighted by Gasteiger charge is 2.15. The molecule has 0 aliphatic carbocycles. The third-order valence-electron chi connectivity index (χ3n) is 2.17. The Bertz CT molecular complexity index is 506. The fourth-order valence-corrected chi connectivity index (χ4v) is 1.27. The van der Waals surface area contributed by atoms with Crippen LogP contribution in [-0.4, -0.2) is 20.4 Å². The van der Waals surface area contributed by atoms with E-state index >= 15 is 0 Å². The average molecular weight is 220 g/mol. The first-order chi connectivity index (χ1) is 7.58. The molecule has 5 heteroatoms. The second kappa shape index (κ2) is 3.84. The fraction of sp³-hybridized carbons (Fsp3) is 0.273. The van der Waals surface area contributed by atoms with Crippen LogP contribution in [-0.2, 0) is 0 Å². The van der Waals surface area contributed by atoms with Gasteiger partial charge in [-0.15, -0.1) is 0 Å². The van der Waals surface area contributed by atoms with Gasteiger partial charge in [-0.2, -0.15) is 4.98 Å². The van der Waals surface area contributed by atoms with E-state index in [0.717, 1.165) is 0 Å².